The Kier molecular flexibility index (Phi) is 5.82. The maximum absolute atomic E-state index is 12.2. The Bertz CT molecular complexity index is 505. The van der Waals surface area contributed by atoms with Crippen LogP contribution >= 0.6 is 11.6 Å². The van der Waals surface area contributed by atoms with Crippen LogP contribution in [0.3, 0.4) is 0 Å². The van der Waals surface area contributed by atoms with Crippen LogP contribution in [0.15, 0.2) is 11.0 Å². The van der Waals surface area contributed by atoms with Gasteiger partial charge >= 0.3 is 6.18 Å². The lowest BCUT2D eigenvalue weighted by molar-refractivity contribution is -0.143. The topological polar surface area (TPSA) is 56.1 Å². The quantitative estimate of drug-likeness (QED) is 0.875. The van der Waals surface area contributed by atoms with Gasteiger partial charge in [0.1, 0.15) is 11.6 Å². The van der Waals surface area contributed by atoms with Crippen LogP contribution in [0, 0.1) is 0 Å². The molecular weight excluding hydrogens is 299 g/mol. The van der Waals surface area contributed by atoms with Gasteiger partial charge in [0.15, 0.2) is 0 Å². The molecule has 0 radical (unpaired) electrons. The molecule has 1 unspecified atom stereocenters. The summed E-state index contributed by atoms with van der Waals surface area (Å²) >= 11 is 5.74. The van der Waals surface area contributed by atoms with Crippen molar-refractivity contribution in [1.29, 1.82) is 0 Å². The van der Waals surface area contributed by atoms with E-state index >= 15 is 0 Å². The third-order valence-electron chi connectivity index (χ3n) is 2.35. The van der Waals surface area contributed by atoms with E-state index in [2.05, 4.69) is 10.4 Å². The highest BCUT2D eigenvalue weighted by molar-refractivity contribution is 6.32. The third-order valence-corrected chi connectivity index (χ3v) is 2.71. The molecule has 9 heteroatoms. The average molecular weight is 314 g/mol. The summed E-state index contributed by atoms with van der Waals surface area (Å²) < 4.78 is 42.2. The lowest BCUT2D eigenvalue weighted by Gasteiger charge is -2.15. The maximum Gasteiger partial charge on any atom is 0.408 e. The van der Waals surface area contributed by atoms with Crippen molar-refractivity contribution >= 4 is 17.3 Å². The minimum absolute atomic E-state index is 0.131. The largest absolute Gasteiger partial charge is 0.408 e. The van der Waals surface area contributed by atoms with Gasteiger partial charge in [-0.25, -0.2) is 4.68 Å². The first kappa shape index (κ1) is 16.8. The molecule has 0 bridgehead atoms. The van der Waals surface area contributed by atoms with Gasteiger partial charge in [-0.3, -0.25) is 4.79 Å². The predicted molar refractivity (Wildman–Crippen MR) is 69.1 cm³/mol. The molecule has 0 aliphatic carbocycles. The highest BCUT2D eigenvalue weighted by atomic mass is 35.5. The molecule has 5 nitrogen and oxygen atoms in total. The molecule has 0 fully saturated rings. The van der Waals surface area contributed by atoms with E-state index in [0.717, 1.165) is 6.20 Å². The molecule has 0 aliphatic heterocycles. The summed E-state index contributed by atoms with van der Waals surface area (Å²) in [5, 5.41) is 5.93. The molecule has 0 saturated carbocycles. The van der Waals surface area contributed by atoms with Gasteiger partial charge in [0, 0.05) is 13.2 Å². The zero-order valence-electron chi connectivity index (χ0n) is 11.0. The van der Waals surface area contributed by atoms with Crippen molar-refractivity contribution in [1.82, 2.24) is 9.78 Å². The second-order valence-corrected chi connectivity index (χ2v) is 4.48. The minimum atomic E-state index is -4.53. The first-order chi connectivity index (χ1) is 9.24. The van der Waals surface area contributed by atoms with Crippen LogP contribution in [0.1, 0.15) is 13.8 Å². The van der Waals surface area contributed by atoms with Gasteiger partial charge < -0.3 is 10.1 Å². The maximum atomic E-state index is 12.2. The van der Waals surface area contributed by atoms with Gasteiger partial charge in [-0.15, -0.1) is 0 Å². The number of nitrogens with one attached hydrogen (secondary N) is 1. The second kappa shape index (κ2) is 6.94. The molecule has 1 heterocycles. The lowest BCUT2D eigenvalue weighted by atomic mass is 10.3. The molecule has 0 aromatic carbocycles. The Morgan fingerprint density at radius 2 is 2.20 bits per heavy atom. The van der Waals surface area contributed by atoms with E-state index < -0.39 is 18.3 Å². The Morgan fingerprint density at radius 1 is 1.55 bits per heavy atom. The molecule has 1 N–H and O–H groups in total. The van der Waals surface area contributed by atoms with Crippen molar-refractivity contribution in [2.45, 2.75) is 32.7 Å². The fraction of sp³-hybridized carbons (Fsp3) is 0.636. The first-order valence-corrected chi connectivity index (χ1v) is 6.30. The molecule has 20 heavy (non-hydrogen) atoms. The summed E-state index contributed by atoms with van der Waals surface area (Å²) in [6.07, 6.45) is -3.57. The monoisotopic (exact) mass is 313 g/mol. The number of ether oxygens (including phenoxy) is 1. The van der Waals surface area contributed by atoms with Gasteiger partial charge in [-0.2, -0.15) is 18.3 Å². The van der Waals surface area contributed by atoms with E-state index in [4.69, 9.17) is 16.3 Å². The highest BCUT2D eigenvalue weighted by Gasteiger charge is 2.29. The van der Waals surface area contributed by atoms with E-state index in [1.165, 1.54) is 0 Å². The van der Waals surface area contributed by atoms with E-state index in [0.29, 0.717) is 13.2 Å². The fourth-order valence-corrected chi connectivity index (χ4v) is 1.68. The molecule has 114 valence electrons. The number of halogens is 4. The zero-order chi connectivity index (χ0) is 15.3. The zero-order valence-corrected chi connectivity index (χ0v) is 11.8. The van der Waals surface area contributed by atoms with Crippen molar-refractivity contribution in [3.63, 3.8) is 0 Å². The standard InChI is InChI=1S/C11H15ClF3N3O2/c1-3-20-7(2)4-16-8-5-17-18(6-11(13,14)15)10(19)9(8)12/h5,7,16H,3-4,6H2,1-2H3. The second-order valence-electron chi connectivity index (χ2n) is 4.10. The Hall–Kier alpha value is -1.28. The number of nitrogens with zero attached hydrogens (tertiary/aromatic N) is 2. The van der Waals surface area contributed by atoms with E-state index in [1.807, 2.05) is 13.8 Å². The van der Waals surface area contributed by atoms with Gasteiger partial charge in [-0.05, 0) is 13.8 Å². The molecule has 1 atom stereocenters. The summed E-state index contributed by atoms with van der Waals surface area (Å²) in [7, 11) is 0. The van der Waals surface area contributed by atoms with Crippen molar-refractivity contribution in [2.75, 3.05) is 18.5 Å². The van der Waals surface area contributed by atoms with Crippen molar-refractivity contribution in [2.24, 2.45) is 0 Å². The summed E-state index contributed by atoms with van der Waals surface area (Å²) in [5.41, 5.74) is -0.806. The number of anilines is 1. The van der Waals surface area contributed by atoms with Crippen LogP contribution in [0.25, 0.3) is 0 Å². The van der Waals surface area contributed by atoms with Crippen LogP contribution in [-0.4, -0.2) is 35.2 Å². The number of aromatic nitrogens is 2. The first-order valence-electron chi connectivity index (χ1n) is 5.92. The van der Waals surface area contributed by atoms with Gasteiger partial charge in [0.25, 0.3) is 5.56 Å². The number of rotatable bonds is 6. The van der Waals surface area contributed by atoms with Crippen LogP contribution in [0.4, 0.5) is 18.9 Å². The fourth-order valence-electron chi connectivity index (χ4n) is 1.47. The number of hydrogen-bond donors (Lipinski definition) is 1. The molecule has 0 amide bonds. The SMILES string of the molecule is CCOC(C)CNc1cnn(CC(F)(F)F)c(=O)c1Cl. The van der Waals surface area contributed by atoms with Gasteiger partial charge in [0.2, 0.25) is 0 Å². The summed E-state index contributed by atoms with van der Waals surface area (Å²) in [6.45, 7) is 3.06. The van der Waals surface area contributed by atoms with Gasteiger partial charge in [0.05, 0.1) is 18.0 Å². The van der Waals surface area contributed by atoms with E-state index in [1.54, 1.807) is 0 Å². The molecule has 0 aliphatic rings. The average Bonchev–Trinajstić information content (AvgIpc) is 2.33. The third kappa shape index (κ3) is 5.01. The van der Waals surface area contributed by atoms with Gasteiger partial charge in [-0.1, -0.05) is 11.6 Å². The van der Waals surface area contributed by atoms with Crippen molar-refractivity contribution in [3.05, 3.63) is 21.6 Å². The van der Waals surface area contributed by atoms with E-state index in [-0.39, 0.29) is 21.5 Å². The summed E-state index contributed by atoms with van der Waals surface area (Å²) in [6, 6.07) is 0. The van der Waals surface area contributed by atoms with Crippen molar-refractivity contribution < 1.29 is 17.9 Å². The highest BCUT2D eigenvalue weighted by Crippen LogP contribution is 2.19. The number of hydrogen-bond acceptors (Lipinski definition) is 4. The predicted octanol–water partition coefficient (Wildman–Crippen LogP) is 2.30. The van der Waals surface area contributed by atoms with E-state index in [9.17, 15) is 18.0 Å². The van der Waals surface area contributed by atoms with Crippen LogP contribution < -0.4 is 10.9 Å². The molecule has 1 rings (SSSR count). The lowest BCUT2D eigenvalue weighted by Crippen LogP contribution is -2.31. The molecule has 1 aromatic heterocycles. The smallest absolute Gasteiger partial charge is 0.380 e. The minimum Gasteiger partial charge on any atom is -0.380 e. The van der Waals surface area contributed by atoms with Crippen molar-refractivity contribution in [3.8, 4) is 0 Å². The normalized spacial score (nSPS) is 13.3. The molecule has 1 aromatic rings. The Morgan fingerprint density at radius 3 is 2.75 bits per heavy atom. The molecular formula is C11H15ClF3N3O2. The Balaban J connectivity index is 2.82. The molecule has 0 saturated heterocycles. The van der Waals surface area contributed by atoms with Crippen LogP contribution in [0.2, 0.25) is 5.02 Å². The van der Waals surface area contributed by atoms with Crippen LogP contribution in [-0.2, 0) is 11.3 Å². The summed E-state index contributed by atoms with van der Waals surface area (Å²) in [4.78, 5) is 11.6. The Labute approximate surface area is 118 Å². The summed E-state index contributed by atoms with van der Waals surface area (Å²) in [5.74, 6) is 0. The van der Waals surface area contributed by atoms with Crippen LogP contribution in [0.5, 0.6) is 0 Å². The molecule has 0 spiro atoms. The number of alkyl halides is 3.